The minimum atomic E-state index is -0.156. The summed E-state index contributed by atoms with van der Waals surface area (Å²) in [6, 6.07) is 13.4. The number of rotatable bonds is 4. The zero-order valence-corrected chi connectivity index (χ0v) is 19.1. The molecule has 7 nitrogen and oxygen atoms in total. The molecule has 0 aliphatic carbocycles. The van der Waals surface area contributed by atoms with Gasteiger partial charge in [-0.2, -0.15) is 5.26 Å². The summed E-state index contributed by atoms with van der Waals surface area (Å²) in [5.41, 5.74) is 4.96. The first-order valence-electron chi connectivity index (χ1n) is 10.4. The van der Waals surface area contributed by atoms with Gasteiger partial charge in [-0.15, -0.1) is 0 Å². The number of benzene rings is 1. The van der Waals surface area contributed by atoms with Crippen LogP contribution in [-0.2, 0) is 0 Å². The third kappa shape index (κ3) is 4.68. The summed E-state index contributed by atoms with van der Waals surface area (Å²) in [4.78, 5) is 28.9. The van der Waals surface area contributed by atoms with Crippen LogP contribution in [0.2, 0.25) is 0 Å². The molecule has 4 rings (SSSR count). The molecule has 1 saturated heterocycles. The Kier molecular flexibility index (Phi) is 6.28. The summed E-state index contributed by atoms with van der Waals surface area (Å²) >= 11 is 1.43. The molecule has 0 spiro atoms. The molecule has 1 atom stereocenters. The Labute approximate surface area is 191 Å². The fourth-order valence-electron chi connectivity index (χ4n) is 3.94. The van der Waals surface area contributed by atoms with E-state index in [0.717, 1.165) is 39.5 Å². The van der Waals surface area contributed by atoms with Crippen LogP contribution in [0.5, 0.6) is 0 Å². The molecule has 1 fully saturated rings. The lowest BCUT2D eigenvalue weighted by atomic mass is 10.0. The number of carbonyl (C=O) groups is 1. The van der Waals surface area contributed by atoms with Gasteiger partial charge in [0.05, 0.1) is 22.2 Å². The number of thiazole rings is 1. The number of hydrogen-bond donors (Lipinski definition) is 1. The minimum absolute atomic E-state index is 0.156. The largest absolute Gasteiger partial charge is 0.324 e. The molecule has 0 unspecified atom stereocenters. The molecule has 0 radical (unpaired) electrons. The van der Waals surface area contributed by atoms with E-state index in [1.807, 2.05) is 50.4 Å². The Hall–Kier alpha value is -3.57. The number of nitriles is 1. The monoisotopic (exact) mass is 444 g/mol. The Balaban J connectivity index is 1.69. The van der Waals surface area contributed by atoms with Crippen LogP contribution in [0.1, 0.15) is 23.4 Å². The fourth-order valence-corrected chi connectivity index (χ4v) is 4.91. The van der Waals surface area contributed by atoms with Gasteiger partial charge in [-0.05, 0) is 50.1 Å². The number of aryl methyl sites for hydroxylation is 2. The number of nitrogens with zero attached hydrogens (tertiary/aromatic N) is 5. The lowest BCUT2D eigenvalue weighted by molar-refractivity contribution is 0.222. The molecule has 32 heavy (non-hydrogen) atoms. The zero-order valence-electron chi connectivity index (χ0n) is 18.3. The van der Waals surface area contributed by atoms with E-state index < -0.39 is 0 Å². The van der Waals surface area contributed by atoms with Gasteiger partial charge in [-0.1, -0.05) is 23.5 Å². The third-order valence-electron chi connectivity index (χ3n) is 5.32. The van der Waals surface area contributed by atoms with Crippen molar-refractivity contribution < 1.29 is 4.79 Å². The molecule has 0 saturated carbocycles. The van der Waals surface area contributed by atoms with Crippen LogP contribution in [0.3, 0.4) is 0 Å². The van der Waals surface area contributed by atoms with Crippen molar-refractivity contribution in [1.29, 1.82) is 5.26 Å². The molecular formula is C24H24N6OS. The van der Waals surface area contributed by atoms with Gasteiger partial charge in [0.2, 0.25) is 0 Å². The first-order valence-corrected chi connectivity index (χ1v) is 11.2. The molecule has 8 heteroatoms. The van der Waals surface area contributed by atoms with Crippen LogP contribution in [0.25, 0.3) is 21.7 Å². The number of carbonyl (C=O) groups excluding carboxylic acids is 1. The van der Waals surface area contributed by atoms with Crippen molar-refractivity contribution in [2.75, 3.05) is 25.5 Å². The molecule has 162 valence electrons. The van der Waals surface area contributed by atoms with Crippen LogP contribution in [0, 0.1) is 31.1 Å². The topological polar surface area (TPSA) is 94.3 Å². The van der Waals surface area contributed by atoms with Crippen molar-refractivity contribution in [3.8, 4) is 27.8 Å². The summed E-state index contributed by atoms with van der Waals surface area (Å²) in [6.07, 6.45) is 2.82. The molecule has 1 aliphatic rings. The molecule has 2 aromatic heterocycles. The summed E-state index contributed by atoms with van der Waals surface area (Å²) < 4.78 is 0. The van der Waals surface area contributed by atoms with Crippen LogP contribution >= 0.6 is 11.3 Å². The fraction of sp³-hybridized carbons (Fsp3) is 0.292. The Morgan fingerprint density at radius 3 is 2.75 bits per heavy atom. The van der Waals surface area contributed by atoms with Crippen molar-refractivity contribution >= 4 is 28.7 Å². The lowest BCUT2D eigenvalue weighted by Crippen LogP contribution is -2.33. The average molecular weight is 445 g/mol. The summed E-state index contributed by atoms with van der Waals surface area (Å²) in [6.45, 7) is 5.26. The van der Waals surface area contributed by atoms with E-state index in [-0.39, 0.29) is 6.03 Å². The van der Waals surface area contributed by atoms with Crippen LogP contribution in [0.15, 0.2) is 41.4 Å². The number of nitrogens with one attached hydrogen (secondary N) is 1. The highest BCUT2D eigenvalue weighted by Gasteiger charge is 2.26. The van der Waals surface area contributed by atoms with Gasteiger partial charge in [0.15, 0.2) is 5.13 Å². The van der Waals surface area contributed by atoms with Gasteiger partial charge in [0.25, 0.3) is 0 Å². The second-order valence-corrected chi connectivity index (χ2v) is 8.86. The average Bonchev–Trinajstić information content (AvgIpc) is 3.41. The smallest absolute Gasteiger partial charge is 0.323 e. The quantitative estimate of drug-likeness (QED) is 0.578. The third-order valence-corrected chi connectivity index (χ3v) is 6.34. The lowest BCUT2D eigenvalue weighted by Gasteiger charge is -2.15. The molecule has 1 N–H and O–H groups in total. The number of anilines is 1. The maximum absolute atomic E-state index is 12.9. The molecule has 2 amide bonds. The highest BCUT2D eigenvalue weighted by atomic mass is 32.1. The van der Waals surface area contributed by atoms with Crippen molar-refractivity contribution in [2.45, 2.75) is 20.3 Å². The van der Waals surface area contributed by atoms with Crippen molar-refractivity contribution in [2.24, 2.45) is 10.9 Å². The van der Waals surface area contributed by atoms with Gasteiger partial charge >= 0.3 is 6.03 Å². The second-order valence-electron chi connectivity index (χ2n) is 7.86. The van der Waals surface area contributed by atoms with E-state index in [1.165, 1.54) is 11.3 Å². The van der Waals surface area contributed by atoms with Gasteiger partial charge in [0, 0.05) is 49.2 Å². The van der Waals surface area contributed by atoms with Crippen LogP contribution in [-0.4, -0.2) is 47.3 Å². The summed E-state index contributed by atoms with van der Waals surface area (Å²) in [5, 5.41) is 12.8. The van der Waals surface area contributed by atoms with Gasteiger partial charge in [0.1, 0.15) is 0 Å². The number of amides is 2. The van der Waals surface area contributed by atoms with Crippen LogP contribution < -0.4 is 5.32 Å². The Bertz CT molecular complexity index is 1210. The predicted molar refractivity (Wildman–Crippen MR) is 128 cm³/mol. The molecule has 1 aromatic carbocycles. The Morgan fingerprint density at radius 1 is 1.25 bits per heavy atom. The van der Waals surface area contributed by atoms with E-state index in [4.69, 9.17) is 4.98 Å². The number of likely N-dealkylation sites (tertiary alicyclic amines) is 1. The number of aliphatic imine (C=N–C) groups is 1. The van der Waals surface area contributed by atoms with Crippen molar-refractivity contribution in [1.82, 2.24) is 14.9 Å². The zero-order chi connectivity index (χ0) is 22.7. The van der Waals surface area contributed by atoms with Crippen molar-refractivity contribution in [3.63, 3.8) is 0 Å². The summed E-state index contributed by atoms with van der Waals surface area (Å²) in [7, 11) is 1.76. The second kappa shape index (κ2) is 9.28. The highest BCUT2D eigenvalue weighted by Crippen LogP contribution is 2.39. The number of urea groups is 1. The molecule has 3 aromatic rings. The van der Waals surface area contributed by atoms with Crippen molar-refractivity contribution in [3.05, 3.63) is 53.3 Å². The van der Waals surface area contributed by atoms with E-state index in [1.54, 1.807) is 18.0 Å². The summed E-state index contributed by atoms with van der Waals surface area (Å²) in [5.74, 6) is 0.296. The maximum Gasteiger partial charge on any atom is 0.323 e. The van der Waals surface area contributed by atoms with E-state index >= 15 is 0 Å². The predicted octanol–water partition coefficient (Wildman–Crippen LogP) is 4.92. The maximum atomic E-state index is 12.9. The first kappa shape index (κ1) is 21.7. The van der Waals surface area contributed by atoms with E-state index in [0.29, 0.717) is 29.7 Å². The van der Waals surface area contributed by atoms with E-state index in [9.17, 15) is 10.1 Å². The number of hydrogen-bond acceptors (Lipinski definition) is 6. The standard InChI is InChI=1S/C24H24N6OS/c1-15-9-20(10-16(2)27-15)22-21(19-6-4-5-17(11-19)12-25)28-23(32-22)29-24(31)30-8-7-18(14-30)13-26-3/h4-6,9-11,13,18H,7-8,14H2,1-3H3,(H,28,29,31)/b26-13-/t18-/m0/s1. The molecule has 0 bridgehead atoms. The SMILES string of the molecule is C/N=C\[C@@H]1CCN(C(=O)Nc2nc(-c3cccc(C#N)c3)c(-c3cc(C)nc(C)c3)s2)C1. The number of aromatic nitrogens is 2. The van der Waals surface area contributed by atoms with E-state index in [2.05, 4.69) is 21.4 Å². The van der Waals surface area contributed by atoms with Crippen LogP contribution in [0.4, 0.5) is 9.93 Å². The van der Waals surface area contributed by atoms with Gasteiger partial charge < -0.3 is 9.89 Å². The van der Waals surface area contributed by atoms with Gasteiger partial charge in [-0.3, -0.25) is 10.3 Å². The molecule has 3 heterocycles. The first-order chi connectivity index (χ1) is 15.5. The highest BCUT2D eigenvalue weighted by molar-refractivity contribution is 7.19. The minimum Gasteiger partial charge on any atom is -0.324 e. The molecule has 1 aliphatic heterocycles. The Morgan fingerprint density at radius 2 is 2.03 bits per heavy atom. The normalized spacial score (nSPS) is 15.8. The number of pyridine rings is 1. The molecular weight excluding hydrogens is 420 g/mol. The van der Waals surface area contributed by atoms with Gasteiger partial charge in [-0.25, -0.2) is 9.78 Å².